The predicted molar refractivity (Wildman–Crippen MR) is 134 cm³/mol. The molecular weight excluding hydrogens is 471 g/mol. The monoisotopic (exact) mass is 496 g/mol. The number of nitrogens with zero attached hydrogens (tertiary/aromatic N) is 2. The van der Waals surface area contributed by atoms with Crippen molar-refractivity contribution < 1.29 is 14.3 Å². The van der Waals surface area contributed by atoms with Gasteiger partial charge < -0.3 is 4.74 Å². The fraction of sp³-hybridized carbons (Fsp3) is 0.370. The van der Waals surface area contributed by atoms with Crippen molar-refractivity contribution >= 4 is 46.9 Å². The summed E-state index contributed by atoms with van der Waals surface area (Å²) in [6.07, 6.45) is 7.67. The van der Waals surface area contributed by atoms with Crippen LogP contribution in [0.2, 0.25) is 10.0 Å². The molecule has 2 aliphatic carbocycles. The first kappa shape index (κ1) is 23.1. The third-order valence-corrected chi connectivity index (χ3v) is 7.46. The van der Waals surface area contributed by atoms with E-state index in [9.17, 15) is 9.59 Å². The molecule has 5 nitrogen and oxygen atoms in total. The topological polar surface area (TPSA) is 59.0 Å². The Morgan fingerprint density at radius 2 is 1.65 bits per heavy atom. The molecule has 0 bridgehead atoms. The van der Waals surface area contributed by atoms with Gasteiger partial charge in [-0.2, -0.15) is 5.10 Å². The van der Waals surface area contributed by atoms with Gasteiger partial charge in [-0.1, -0.05) is 53.9 Å². The van der Waals surface area contributed by atoms with Gasteiger partial charge in [0.05, 0.1) is 17.7 Å². The summed E-state index contributed by atoms with van der Waals surface area (Å²) in [7, 11) is 0. The summed E-state index contributed by atoms with van der Waals surface area (Å²) in [6, 6.07) is 15.0. The van der Waals surface area contributed by atoms with Crippen molar-refractivity contribution in [2.75, 3.05) is 6.61 Å². The number of esters is 1. The van der Waals surface area contributed by atoms with E-state index in [-0.39, 0.29) is 36.4 Å². The van der Waals surface area contributed by atoms with Crippen LogP contribution in [0.25, 0.3) is 6.08 Å². The zero-order chi connectivity index (χ0) is 23.7. The predicted octanol–water partition coefficient (Wildman–Crippen LogP) is 6.46. The number of benzene rings is 2. The smallest absolute Gasteiger partial charge is 0.309 e. The molecule has 2 unspecified atom stereocenters. The van der Waals surface area contributed by atoms with E-state index in [0.29, 0.717) is 10.0 Å². The van der Waals surface area contributed by atoms with E-state index in [4.69, 9.17) is 33.0 Å². The van der Waals surface area contributed by atoms with Crippen LogP contribution in [-0.4, -0.2) is 29.2 Å². The van der Waals surface area contributed by atoms with E-state index >= 15 is 0 Å². The molecule has 1 heterocycles. The van der Waals surface area contributed by atoms with Gasteiger partial charge in [0.1, 0.15) is 0 Å². The average Bonchev–Trinajstić information content (AvgIpc) is 3.19. The molecule has 0 radical (unpaired) electrons. The van der Waals surface area contributed by atoms with Crippen molar-refractivity contribution in [3.05, 3.63) is 75.3 Å². The molecule has 2 aromatic rings. The number of fused-ring (bicyclic) bond motifs is 1. The van der Waals surface area contributed by atoms with Gasteiger partial charge in [-0.3, -0.25) is 9.59 Å². The summed E-state index contributed by atoms with van der Waals surface area (Å²) in [6.45, 7) is -0.293. The first-order chi connectivity index (χ1) is 16.5. The van der Waals surface area contributed by atoms with Gasteiger partial charge >= 0.3 is 5.97 Å². The Morgan fingerprint density at radius 1 is 0.971 bits per heavy atom. The largest absolute Gasteiger partial charge is 0.455 e. The number of rotatable bonds is 5. The number of hydrogen-bond donors (Lipinski definition) is 0. The average molecular weight is 497 g/mol. The van der Waals surface area contributed by atoms with Gasteiger partial charge in [0.15, 0.2) is 6.61 Å². The molecule has 34 heavy (non-hydrogen) atoms. The summed E-state index contributed by atoms with van der Waals surface area (Å²) in [4.78, 5) is 25.5. The van der Waals surface area contributed by atoms with E-state index in [1.165, 1.54) is 5.01 Å². The van der Waals surface area contributed by atoms with Gasteiger partial charge in [0, 0.05) is 16.0 Å². The molecule has 2 saturated carbocycles. The van der Waals surface area contributed by atoms with Gasteiger partial charge in [0.2, 0.25) is 0 Å². The maximum absolute atomic E-state index is 13.3. The van der Waals surface area contributed by atoms with Gasteiger partial charge in [-0.15, -0.1) is 0 Å². The molecule has 176 valence electrons. The highest BCUT2D eigenvalue weighted by Gasteiger charge is 2.44. The number of halogens is 2. The fourth-order valence-electron chi connectivity index (χ4n) is 4.92. The van der Waals surface area contributed by atoms with Crippen LogP contribution < -0.4 is 0 Å². The third kappa shape index (κ3) is 4.77. The lowest BCUT2D eigenvalue weighted by Gasteiger charge is -2.30. The zero-order valence-electron chi connectivity index (χ0n) is 18.8. The summed E-state index contributed by atoms with van der Waals surface area (Å²) < 4.78 is 5.36. The highest BCUT2D eigenvalue weighted by Crippen LogP contribution is 2.44. The lowest BCUT2D eigenvalue weighted by molar-refractivity contribution is -0.158. The number of ether oxygens (including phenoxy) is 1. The van der Waals surface area contributed by atoms with Crippen molar-refractivity contribution in [2.45, 2.75) is 44.6 Å². The molecule has 2 fully saturated rings. The normalized spacial score (nSPS) is 23.3. The molecule has 2 atom stereocenters. The standard InChI is InChI=1S/C27H26Cl2N2O3/c28-21-11-7-17(8-12-21)15-20-5-2-6-23-25(20)30-31(26(23)18-9-13-22(29)14-10-18)24(32)16-34-27(33)19-3-1-4-19/h7-15,19,23,26H,1-6,16H2. The van der Waals surface area contributed by atoms with E-state index in [0.717, 1.165) is 60.9 Å². The highest BCUT2D eigenvalue weighted by molar-refractivity contribution is 6.30. The summed E-state index contributed by atoms with van der Waals surface area (Å²) >= 11 is 12.2. The molecule has 1 amide bonds. The van der Waals surface area contributed by atoms with E-state index < -0.39 is 0 Å². The van der Waals surface area contributed by atoms with Crippen LogP contribution in [0.5, 0.6) is 0 Å². The summed E-state index contributed by atoms with van der Waals surface area (Å²) in [5, 5.41) is 7.68. The third-order valence-electron chi connectivity index (χ3n) is 6.96. The second kappa shape index (κ2) is 9.93. The van der Waals surface area contributed by atoms with Crippen LogP contribution in [0.1, 0.15) is 55.7 Å². The van der Waals surface area contributed by atoms with Gasteiger partial charge in [0.25, 0.3) is 5.91 Å². The van der Waals surface area contributed by atoms with Crippen LogP contribution >= 0.6 is 23.2 Å². The number of hydrogen-bond acceptors (Lipinski definition) is 4. The van der Waals surface area contributed by atoms with Gasteiger partial charge in [-0.25, -0.2) is 5.01 Å². The molecule has 0 saturated heterocycles. The first-order valence-corrected chi connectivity index (χ1v) is 12.5. The van der Waals surface area contributed by atoms with E-state index in [2.05, 4.69) is 6.08 Å². The fourth-order valence-corrected chi connectivity index (χ4v) is 5.17. The first-order valence-electron chi connectivity index (χ1n) is 11.8. The van der Waals surface area contributed by atoms with E-state index in [1.54, 1.807) is 0 Å². The molecule has 2 aromatic carbocycles. The Kier molecular flexibility index (Phi) is 6.75. The molecule has 0 spiro atoms. The Bertz CT molecular complexity index is 1140. The maximum Gasteiger partial charge on any atom is 0.309 e. The summed E-state index contributed by atoms with van der Waals surface area (Å²) in [5.41, 5.74) is 4.07. The van der Waals surface area contributed by atoms with Crippen molar-refractivity contribution in [3.8, 4) is 0 Å². The minimum atomic E-state index is -0.305. The van der Waals surface area contributed by atoms with Crippen LogP contribution in [0, 0.1) is 11.8 Å². The molecular formula is C27H26Cl2N2O3. The second-order valence-electron chi connectivity index (χ2n) is 9.18. The van der Waals surface area contributed by atoms with Crippen molar-refractivity contribution in [1.82, 2.24) is 5.01 Å². The minimum absolute atomic E-state index is 0.0683. The van der Waals surface area contributed by atoms with Crippen molar-refractivity contribution in [1.29, 1.82) is 0 Å². The lowest BCUT2D eigenvalue weighted by atomic mass is 9.77. The second-order valence-corrected chi connectivity index (χ2v) is 10.0. The Balaban J connectivity index is 1.44. The highest BCUT2D eigenvalue weighted by atomic mass is 35.5. The Morgan fingerprint density at radius 3 is 2.29 bits per heavy atom. The van der Waals surface area contributed by atoms with Gasteiger partial charge in [-0.05, 0) is 79.1 Å². The van der Waals surface area contributed by atoms with Crippen molar-refractivity contribution in [3.63, 3.8) is 0 Å². The van der Waals surface area contributed by atoms with Crippen LogP contribution in [-0.2, 0) is 14.3 Å². The molecule has 0 aromatic heterocycles. The number of hydrazone groups is 1. The molecule has 7 heteroatoms. The quantitative estimate of drug-likeness (QED) is 0.446. The number of carbonyl (C=O) groups excluding carboxylic acids is 2. The van der Waals surface area contributed by atoms with E-state index in [1.807, 2.05) is 48.5 Å². The molecule has 0 N–H and O–H groups in total. The number of amides is 1. The number of allylic oxidation sites excluding steroid dienone is 1. The molecule has 3 aliphatic rings. The zero-order valence-corrected chi connectivity index (χ0v) is 20.3. The summed E-state index contributed by atoms with van der Waals surface area (Å²) in [5.74, 6) is -0.586. The van der Waals surface area contributed by atoms with Crippen molar-refractivity contribution in [2.24, 2.45) is 16.9 Å². The lowest BCUT2D eigenvalue weighted by Crippen LogP contribution is -2.35. The minimum Gasteiger partial charge on any atom is -0.455 e. The molecule has 5 rings (SSSR count). The Labute approximate surface area is 209 Å². The SMILES string of the molecule is O=C(OCC(=O)N1N=C2C(=Cc3ccc(Cl)cc3)CCCC2C1c1ccc(Cl)cc1)C1CCC1. The molecule has 1 aliphatic heterocycles. The van der Waals surface area contributed by atoms with Crippen LogP contribution in [0.4, 0.5) is 0 Å². The number of carbonyl (C=O) groups is 2. The van der Waals surface area contributed by atoms with Crippen LogP contribution in [0.3, 0.4) is 0 Å². The van der Waals surface area contributed by atoms with Crippen LogP contribution in [0.15, 0.2) is 59.2 Å². The Hall–Kier alpha value is -2.63. The maximum atomic E-state index is 13.3.